The van der Waals surface area contributed by atoms with Gasteiger partial charge in [-0.2, -0.15) is 5.10 Å². The minimum absolute atomic E-state index is 0.326. The molecule has 0 bridgehead atoms. The minimum Gasteiger partial charge on any atom is -0.508 e. The Kier molecular flexibility index (Phi) is 6.20. The number of phenolic OH excluding ortho intramolecular Hbond substituents is 1. The number of hydrogen-bond donors (Lipinski definition) is 2. The fraction of sp³-hybridized carbons (Fsp3) is 0.316. The zero-order valence-corrected chi connectivity index (χ0v) is 15.2. The molecule has 0 atom stereocenters. The van der Waals surface area contributed by atoms with Crippen LogP contribution in [0.5, 0.6) is 5.75 Å². The number of halogens is 1. The molecule has 1 aliphatic rings. The minimum atomic E-state index is 0.326. The topological polar surface area (TPSA) is 87.1 Å². The summed E-state index contributed by atoms with van der Waals surface area (Å²) < 4.78 is 0. The number of aromatic nitrogens is 1. The van der Waals surface area contributed by atoms with Gasteiger partial charge in [0.15, 0.2) is 5.82 Å². The lowest BCUT2D eigenvalue weighted by Crippen LogP contribution is -2.37. The van der Waals surface area contributed by atoms with Crippen LogP contribution < -0.4 is 5.84 Å². The van der Waals surface area contributed by atoms with Gasteiger partial charge < -0.3 is 10.9 Å². The molecule has 0 spiro atoms. The van der Waals surface area contributed by atoms with Crippen LogP contribution in [0.15, 0.2) is 52.7 Å². The molecule has 2 heterocycles. The van der Waals surface area contributed by atoms with E-state index in [0.717, 1.165) is 25.9 Å². The van der Waals surface area contributed by atoms with Crippen LogP contribution in [0.3, 0.4) is 0 Å². The first-order chi connectivity index (χ1) is 12.7. The molecule has 0 amide bonds. The highest BCUT2D eigenvalue weighted by atomic mass is 35.5. The van der Waals surface area contributed by atoms with Gasteiger partial charge in [0.25, 0.3) is 0 Å². The van der Waals surface area contributed by atoms with E-state index in [0.29, 0.717) is 34.8 Å². The number of nitrogens with zero attached hydrogens (tertiary/aromatic N) is 4. The number of hydrogen-bond acceptors (Lipinski definition) is 6. The van der Waals surface area contributed by atoms with Crippen LogP contribution in [0.4, 0.5) is 5.82 Å². The Balaban J connectivity index is 1.55. The quantitative estimate of drug-likeness (QED) is 0.479. The number of benzene rings is 1. The maximum atomic E-state index is 9.65. The molecule has 0 unspecified atom stereocenters. The van der Waals surface area contributed by atoms with Crippen LogP contribution in [-0.2, 0) is 0 Å². The first kappa shape index (κ1) is 18.4. The standard InChI is InChI=1S/C19H22ClN5O/c20-18-5-2-8-22-19(18)23-12-16(24-21)13-25-9-6-14(7-10-25)15-3-1-4-17(26)11-15/h1-5,8,11-12,14,26H,6-7,9-10,13,21H2. The van der Waals surface area contributed by atoms with Crippen LogP contribution >= 0.6 is 11.6 Å². The van der Waals surface area contributed by atoms with Gasteiger partial charge in [-0.3, -0.25) is 4.90 Å². The van der Waals surface area contributed by atoms with Gasteiger partial charge in [0.05, 0.1) is 16.9 Å². The Hall–Kier alpha value is -2.44. The second kappa shape index (κ2) is 8.78. The molecule has 1 fully saturated rings. The molecular formula is C19H22ClN5O. The monoisotopic (exact) mass is 371 g/mol. The number of phenols is 1. The van der Waals surface area contributed by atoms with Gasteiger partial charge in [-0.05, 0) is 61.7 Å². The van der Waals surface area contributed by atoms with E-state index in [1.54, 1.807) is 30.6 Å². The molecule has 1 aromatic carbocycles. The Morgan fingerprint density at radius 1 is 1.31 bits per heavy atom. The van der Waals surface area contributed by atoms with Gasteiger partial charge in [0, 0.05) is 12.7 Å². The Bertz CT molecular complexity index is 800. The lowest BCUT2D eigenvalue weighted by Gasteiger charge is -2.32. The molecule has 2 aromatic rings. The van der Waals surface area contributed by atoms with E-state index in [-0.39, 0.29) is 0 Å². The predicted octanol–water partition coefficient (Wildman–Crippen LogP) is 3.34. The van der Waals surface area contributed by atoms with Gasteiger partial charge in [-0.15, -0.1) is 0 Å². The highest BCUT2D eigenvalue weighted by Gasteiger charge is 2.21. The van der Waals surface area contributed by atoms with Crippen molar-refractivity contribution < 1.29 is 5.11 Å². The van der Waals surface area contributed by atoms with Crippen molar-refractivity contribution in [2.24, 2.45) is 15.9 Å². The fourth-order valence-corrected chi connectivity index (χ4v) is 3.33. The van der Waals surface area contributed by atoms with E-state index < -0.39 is 0 Å². The molecule has 1 aliphatic heterocycles. The molecule has 136 valence electrons. The van der Waals surface area contributed by atoms with Gasteiger partial charge >= 0.3 is 0 Å². The first-order valence-electron chi connectivity index (χ1n) is 8.58. The highest BCUT2D eigenvalue weighted by molar-refractivity contribution is 6.34. The third-order valence-electron chi connectivity index (χ3n) is 4.56. The number of nitrogens with two attached hydrogens (primary N) is 1. The zero-order valence-electron chi connectivity index (χ0n) is 14.4. The number of rotatable bonds is 5. The molecule has 0 aliphatic carbocycles. The number of aliphatic imine (C=N–C) groups is 1. The highest BCUT2D eigenvalue weighted by Crippen LogP contribution is 2.29. The van der Waals surface area contributed by atoms with Crippen molar-refractivity contribution in [3.63, 3.8) is 0 Å². The van der Waals surface area contributed by atoms with Gasteiger partial charge in [0.2, 0.25) is 0 Å². The van der Waals surface area contributed by atoms with E-state index in [9.17, 15) is 5.11 Å². The summed E-state index contributed by atoms with van der Waals surface area (Å²) in [5.74, 6) is 6.77. The van der Waals surface area contributed by atoms with E-state index in [2.05, 4.69) is 26.0 Å². The summed E-state index contributed by atoms with van der Waals surface area (Å²) in [5, 5.41) is 14.0. The van der Waals surface area contributed by atoms with Crippen LogP contribution in [0.2, 0.25) is 5.02 Å². The van der Waals surface area contributed by atoms with Crippen molar-refractivity contribution in [3.05, 3.63) is 53.2 Å². The summed E-state index contributed by atoms with van der Waals surface area (Å²) >= 11 is 6.05. The number of aromatic hydroxyl groups is 1. The lowest BCUT2D eigenvalue weighted by molar-refractivity contribution is 0.239. The van der Waals surface area contributed by atoms with E-state index in [1.807, 2.05) is 12.1 Å². The second-order valence-corrected chi connectivity index (χ2v) is 6.74. The Morgan fingerprint density at radius 3 is 2.81 bits per heavy atom. The summed E-state index contributed by atoms with van der Waals surface area (Å²) in [7, 11) is 0. The zero-order chi connectivity index (χ0) is 18.4. The summed E-state index contributed by atoms with van der Waals surface area (Å²) in [6.07, 6.45) is 5.33. The smallest absolute Gasteiger partial charge is 0.170 e. The number of hydrazone groups is 1. The average Bonchev–Trinajstić information content (AvgIpc) is 2.67. The van der Waals surface area contributed by atoms with Crippen molar-refractivity contribution in [3.8, 4) is 5.75 Å². The van der Waals surface area contributed by atoms with Crippen LogP contribution in [-0.4, -0.2) is 46.6 Å². The molecule has 1 aromatic heterocycles. The summed E-state index contributed by atoms with van der Waals surface area (Å²) in [6.45, 7) is 2.52. The first-order valence-corrected chi connectivity index (χ1v) is 8.96. The maximum absolute atomic E-state index is 9.65. The Labute approximate surface area is 158 Å². The maximum Gasteiger partial charge on any atom is 0.170 e. The molecule has 6 nitrogen and oxygen atoms in total. The third kappa shape index (κ3) is 4.80. The van der Waals surface area contributed by atoms with E-state index in [1.165, 1.54) is 5.56 Å². The number of piperidine rings is 1. The molecule has 26 heavy (non-hydrogen) atoms. The van der Waals surface area contributed by atoms with Crippen molar-refractivity contribution in [2.45, 2.75) is 18.8 Å². The van der Waals surface area contributed by atoms with E-state index >= 15 is 0 Å². The van der Waals surface area contributed by atoms with Crippen molar-refractivity contribution in [1.29, 1.82) is 0 Å². The molecule has 0 saturated carbocycles. The van der Waals surface area contributed by atoms with Gasteiger partial charge in [0.1, 0.15) is 5.75 Å². The molecule has 7 heteroatoms. The van der Waals surface area contributed by atoms with Gasteiger partial charge in [-0.1, -0.05) is 23.7 Å². The number of pyridine rings is 1. The van der Waals surface area contributed by atoms with Crippen LogP contribution in [0.25, 0.3) is 0 Å². The molecule has 1 saturated heterocycles. The van der Waals surface area contributed by atoms with Crippen molar-refractivity contribution >= 4 is 29.3 Å². The van der Waals surface area contributed by atoms with Crippen LogP contribution in [0, 0.1) is 0 Å². The number of likely N-dealkylation sites (tertiary alicyclic amines) is 1. The summed E-state index contributed by atoms with van der Waals surface area (Å²) in [5.41, 5.74) is 1.88. The molecule has 3 N–H and O–H groups in total. The normalized spacial score (nSPS) is 17.0. The van der Waals surface area contributed by atoms with Crippen molar-refractivity contribution in [1.82, 2.24) is 9.88 Å². The predicted molar refractivity (Wildman–Crippen MR) is 106 cm³/mol. The van der Waals surface area contributed by atoms with E-state index in [4.69, 9.17) is 17.4 Å². The second-order valence-electron chi connectivity index (χ2n) is 6.33. The SMILES string of the molecule is NN=C(C=Nc1ncccc1Cl)CN1CCC(c2cccc(O)c2)CC1. The fourth-order valence-electron chi connectivity index (χ4n) is 3.16. The third-order valence-corrected chi connectivity index (χ3v) is 4.85. The average molecular weight is 372 g/mol. The van der Waals surface area contributed by atoms with Gasteiger partial charge in [-0.25, -0.2) is 9.98 Å². The van der Waals surface area contributed by atoms with Crippen molar-refractivity contribution in [2.75, 3.05) is 19.6 Å². The lowest BCUT2D eigenvalue weighted by atomic mass is 9.89. The molecule has 0 radical (unpaired) electrons. The Morgan fingerprint density at radius 2 is 2.12 bits per heavy atom. The largest absolute Gasteiger partial charge is 0.508 e. The summed E-state index contributed by atoms with van der Waals surface area (Å²) in [6, 6.07) is 11.0. The van der Waals surface area contributed by atoms with Crippen LogP contribution in [0.1, 0.15) is 24.3 Å². The molecular weight excluding hydrogens is 350 g/mol. The summed E-state index contributed by atoms with van der Waals surface area (Å²) in [4.78, 5) is 10.7. The molecule has 3 rings (SSSR count).